The Morgan fingerprint density at radius 1 is 1.24 bits per heavy atom. The summed E-state index contributed by atoms with van der Waals surface area (Å²) >= 11 is 0. The summed E-state index contributed by atoms with van der Waals surface area (Å²) in [6.45, 7) is 4.21. The van der Waals surface area contributed by atoms with Crippen LogP contribution in [0.3, 0.4) is 0 Å². The molecule has 0 bridgehead atoms. The van der Waals surface area contributed by atoms with Gasteiger partial charge in [0, 0.05) is 6.42 Å². The average Bonchev–Trinajstić information content (AvgIpc) is 2.88. The van der Waals surface area contributed by atoms with Crippen LogP contribution in [0.25, 0.3) is 0 Å². The highest BCUT2D eigenvalue weighted by molar-refractivity contribution is 5.28. The van der Waals surface area contributed by atoms with Crippen LogP contribution in [0.5, 0.6) is 0 Å². The molecule has 3 aliphatic rings. The normalized spacial score (nSPS) is 42.6. The van der Waals surface area contributed by atoms with Gasteiger partial charge < -0.3 is 18.9 Å². The minimum atomic E-state index is -1.21. The second-order valence-corrected chi connectivity index (χ2v) is 6.48. The molecule has 114 valence electrons. The molecule has 0 radical (unpaired) electrons. The zero-order valence-corrected chi connectivity index (χ0v) is 12.2. The van der Waals surface area contributed by atoms with E-state index in [0.717, 1.165) is 5.56 Å². The van der Waals surface area contributed by atoms with Crippen molar-refractivity contribution in [3.8, 4) is 0 Å². The molecular weight excluding hydrogens is 275 g/mol. The third kappa shape index (κ3) is 1.95. The van der Waals surface area contributed by atoms with Crippen LogP contribution in [-0.4, -0.2) is 36.1 Å². The average molecular weight is 294 g/mol. The molecule has 2 aliphatic heterocycles. The molecule has 4 atom stereocenters. The van der Waals surface area contributed by atoms with Crippen molar-refractivity contribution in [2.45, 2.75) is 56.3 Å². The predicted molar refractivity (Wildman–Crippen MR) is 72.2 cm³/mol. The van der Waals surface area contributed by atoms with Gasteiger partial charge in [-0.15, -0.1) is 0 Å². The summed E-state index contributed by atoms with van der Waals surface area (Å²) in [6.07, 6.45) is -1.37. The maximum Gasteiger partial charge on any atom is 0.207 e. The molecule has 0 aromatic heterocycles. The van der Waals surface area contributed by atoms with E-state index in [2.05, 4.69) is 0 Å². The first-order chi connectivity index (χ1) is 9.97. The highest BCUT2D eigenvalue weighted by atomic mass is 19.1. The zero-order chi connectivity index (χ0) is 14.7. The minimum absolute atomic E-state index is 0.201. The van der Waals surface area contributed by atoms with Gasteiger partial charge in [-0.25, -0.2) is 4.39 Å². The zero-order valence-electron chi connectivity index (χ0n) is 12.2. The van der Waals surface area contributed by atoms with Gasteiger partial charge >= 0.3 is 0 Å². The van der Waals surface area contributed by atoms with Gasteiger partial charge in [0.2, 0.25) is 5.79 Å². The van der Waals surface area contributed by atoms with Crippen LogP contribution in [0.1, 0.15) is 25.8 Å². The van der Waals surface area contributed by atoms with Crippen molar-refractivity contribution >= 4 is 0 Å². The Hall–Kier alpha value is -1.01. The second-order valence-electron chi connectivity index (χ2n) is 6.48. The van der Waals surface area contributed by atoms with E-state index in [1.807, 2.05) is 30.3 Å². The molecular formula is C16H19FO4. The molecule has 1 aliphatic carbocycles. The Labute approximate surface area is 123 Å². The van der Waals surface area contributed by atoms with Crippen molar-refractivity contribution in [3.63, 3.8) is 0 Å². The molecule has 2 saturated heterocycles. The van der Waals surface area contributed by atoms with Crippen LogP contribution >= 0.6 is 0 Å². The lowest BCUT2D eigenvalue weighted by atomic mass is 10.1. The van der Waals surface area contributed by atoms with E-state index in [4.69, 9.17) is 18.9 Å². The first-order valence-corrected chi connectivity index (χ1v) is 7.30. The lowest BCUT2D eigenvalue weighted by molar-refractivity contribution is -0.273. The number of ether oxygens (including phenoxy) is 4. The van der Waals surface area contributed by atoms with Crippen molar-refractivity contribution in [1.29, 1.82) is 0 Å². The maximum atomic E-state index is 14.6. The van der Waals surface area contributed by atoms with Crippen LogP contribution in [0.4, 0.5) is 4.39 Å². The molecule has 21 heavy (non-hydrogen) atoms. The molecule has 5 heteroatoms. The van der Waals surface area contributed by atoms with Gasteiger partial charge in [-0.1, -0.05) is 30.3 Å². The van der Waals surface area contributed by atoms with Crippen molar-refractivity contribution in [2.24, 2.45) is 0 Å². The predicted octanol–water partition coefficient (Wildman–Crippen LogP) is 2.56. The van der Waals surface area contributed by atoms with E-state index >= 15 is 0 Å². The van der Waals surface area contributed by atoms with E-state index in [1.165, 1.54) is 0 Å². The molecule has 0 spiro atoms. The first-order valence-electron chi connectivity index (χ1n) is 7.30. The number of hydrogen-bond acceptors (Lipinski definition) is 4. The summed E-state index contributed by atoms with van der Waals surface area (Å²) in [5.74, 6) is -1.67. The minimum Gasteiger partial charge on any atom is -0.374 e. The fraction of sp³-hybridized carbons (Fsp3) is 0.625. The molecule has 3 fully saturated rings. The van der Waals surface area contributed by atoms with Crippen molar-refractivity contribution in [1.82, 2.24) is 0 Å². The molecule has 1 saturated carbocycles. The number of benzene rings is 1. The van der Waals surface area contributed by atoms with Gasteiger partial charge in [0.05, 0.1) is 13.2 Å². The molecule has 0 N–H and O–H groups in total. The standard InChI is InChI=1S/C16H19FO4/c1-14(2)20-15-10-16(15,21-14)19-12(13(15)17)9-18-8-11-6-4-3-5-7-11/h3-7,12-13H,8-10H2,1-2H3. The second kappa shape index (κ2) is 4.26. The molecule has 0 amide bonds. The van der Waals surface area contributed by atoms with Crippen LogP contribution in [0.2, 0.25) is 0 Å². The van der Waals surface area contributed by atoms with Crippen LogP contribution in [-0.2, 0) is 25.6 Å². The molecule has 1 aromatic carbocycles. The fourth-order valence-corrected chi connectivity index (χ4v) is 3.51. The van der Waals surface area contributed by atoms with Gasteiger partial charge in [-0.3, -0.25) is 0 Å². The smallest absolute Gasteiger partial charge is 0.207 e. The Bertz CT molecular complexity index is 548. The Morgan fingerprint density at radius 3 is 2.71 bits per heavy atom. The van der Waals surface area contributed by atoms with Crippen LogP contribution in [0, 0.1) is 0 Å². The lowest BCUT2D eigenvalue weighted by Gasteiger charge is -2.29. The van der Waals surface area contributed by atoms with Crippen molar-refractivity contribution < 1.29 is 23.3 Å². The van der Waals surface area contributed by atoms with E-state index in [9.17, 15) is 4.39 Å². The van der Waals surface area contributed by atoms with E-state index in [1.54, 1.807) is 13.8 Å². The number of hydrogen-bond donors (Lipinski definition) is 0. The molecule has 2 heterocycles. The van der Waals surface area contributed by atoms with Gasteiger partial charge in [0.25, 0.3) is 0 Å². The number of rotatable bonds is 4. The third-order valence-electron chi connectivity index (χ3n) is 4.36. The Morgan fingerprint density at radius 2 is 2.00 bits per heavy atom. The Balaban J connectivity index is 1.36. The summed E-state index contributed by atoms with van der Waals surface area (Å²) in [5.41, 5.74) is 0.137. The van der Waals surface area contributed by atoms with E-state index in [-0.39, 0.29) is 6.61 Å². The molecule has 4 nitrogen and oxygen atoms in total. The van der Waals surface area contributed by atoms with Gasteiger partial charge in [-0.05, 0) is 19.4 Å². The summed E-state index contributed by atoms with van der Waals surface area (Å²) in [4.78, 5) is 0. The Kier molecular flexibility index (Phi) is 2.77. The monoisotopic (exact) mass is 294 g/mol. The highest BCUT2D eigenvalue weighted by Crippen LogP contribution is 2.70. The van der Waals surface area contributed by atoms with Crippen LogP contribution < -0.4 is 0 Å². The summed E-state index contributed by atoms with van der Waals surface area (Å²) in [7, 11) is 0. The molecule has 4 unspecified atom stereocenters. The topological polar surface area (TPSA) is 36.9 Å². The summed E-state index contributed by atoms with van der Waals surface area (Å²) in [5, 5.41) is 0. The van der Waals surface area contributed by atoms with E-state index in [0.29, 0.717) is 13.0 Å². The summed E-state index contributed by atoms with van der Waals surface area (Å²) in [6, 6.07) is 9.79. The number of halogens is 1. The molecule has 4 rings (SSSR count). The highest BCUT2D eigenvalue weighted by Gasteiger charge is 2.88. The molecule has 1 aromatic rings. The van der Waals surface area contributed by atoms with Gasteiger partial charge in [0.15, 0.2) is 17.6 Å². The SMILES string of the molecule is CC1(C)OC23CC2(O1)C(F)C(COCc1ccccc1)O3. The maximum absolute atomic E-state index is 14.6. The van der Waals surface area contributed by atoms with Crippen LogP contribution in [0.15, 0.2) is 30.3 Å². The lowest BCUT2D eigenvalue weighted by Crippen LogP contribution is -2.40. The summed E-state index contributed by atoms with van der Waals surface area (Å²) < 4.78 is 37.5. The largest absolute Gasteiger partial charge is 0.374 e. The third-order valence-corrected chi connectivity index (χ3v) is 4.36. The number of alkyl halides is 1. The van der Waals surface area contributed by atoms with Gasteiger partial charge in [-0.2, -0.15) is 0 Å². The van der Waals surface area contributed by atoms with E-state index < -0.39 is 29.5 Å². The van der Waals surface area contributed by atoms with Crippen molar-refractivity contribution in [2.75, 3.05) is 6.61 Å². The van der Waals surface area contributed by atoms with Crippen molar-refractivity contribution in [3.05, 3.63) is 35.9 Å². The quantitative estimate of drug-likeness (QED) is 0.855. The fourth-order valence-electron chi connectivity index (χ4n) is 3.51. The van der Waals surface area contributed by atoms with Gasteiger partial charge in [0.1, 0.15) is 6.10 Å². The first kappa shape index (κ1) is 13.6.